The molecule has 9 heteroatoms. The number of aromatic nitrogens is 4. The lowest BCUT2D eigenvalue weighted by Gasteiger charge is -2.35. The Morgan fingerprint density at radius 2 is 1.87 bits per heavy atom. The number of rotatable bonds is 2. The summed E-state index contributed by atoms with van der Waals surface area (Å²) in [7, 11) is 0. The fourth-order valence-electron chi connectivity index (χ4n) is 6.58. The van der Waals surface area contributed by atoms with E-state index in [0.29, 0.717) is 32.7 Å². The molecule has 2 bridgehead atoms. The van der Waals surface area contributed by atoms with E-state index >= 15 is 4.39 Å². The quantitative estimate of drug-likeness (QED) is 0.368. The number of amides is 2. The number of hydrogen-bond acceptors (Lipinski definition) is 3. The molecule has 2 atom stereocenters. The number of ether oxygens (including phenoxy) is 1. The number of morpholine rings is 1. The van der Waals surface area contributed by atoms with Crippen molar-refractivity contribution in [1.29, 1.82) is 0 Å². The van der Waals surface area contributed by atoms with Gasteiger partial charge in [-0.05, 0) is 42.7 Å². The highest BCUT2D eigenvalue weighted by Gasteiger charge is 2.37. The second-order valence-electron chi connectivity index (χ2n) is 10.6. The number of likely N-dealkylation sites (tertiary alicyclic amines) is 1. The summed E-state index contributed by atoms with van der Waals surface area (Å²) >= 11 is 0. The first kappa shape index (κ1) is 21.9. The van der Waals surface area contributed by atoms with Crippen molar-refractivity contribution in [1.82, 2.24) is 28.7 Å². The number of fused-ring (bicyclic) bond motifs is 3. The molecule has 3 aliphatic rings. The molecule has 0 radical (unpaired) electrons. The molecule has 0 aliphatic carbocycles. The van der Waals surface area contributed by atoms with Gasteiger partial charge in [-0.3, -0.25) is 4.40 Å². The Morgan fingerprint density at radius 1 is 1.03 bits per heavy atom. The molecule has 2 fully saturated rings. The van der Waals surface area contributed by atoms with Crippen molar-refractivity contribution in [3.8, 4) is 22.4 Å². The molecule has 3 aliphatic heterocycles. The van der Waals surface area contributed by atoms with Crippen LogP contribution in [0.4, 0.5) is 9.18 Å². The molecule has 2 saturated heterocycles. The Labute approximate surface area is 218 Å². The topological polar surface area (TPSA) is 70.8 Å². The molecule has 5 aromatic rings. The number of benzene rings is 1. The highest BCUT2D eigenvalue weighted by molar-refractivity contribution is 6.01. The van der Waals surface area contributed by atoms with Crippen LogP contribution in [0.3, 0.4) is 0 Å². The lowest BCUT2D eigenvalue weighted by atomic mass is 10.0. The Morgan fingerprint density at radius 3 is 2.74 bits per heavy atom. The van der Waals surface area contributed by atoms with Crippen molar-refractivity contribution < 1.29 is 13.9 Å². The predicted octanol–water partition coefficient (Wildman–Crippen LogP) is 4.89. The Hall–Kier alpha value is -4.11. The van der Waals surface area contributed by atoms with E-state index in [4.69, 9.17) is 4.74 Å². The number of hydrogen-bond donors (Lipinski definition) is 1. The van der Waals surface area contributed by atoms with Crippen molar-refractivity contribution in [2.24, 2.45) is 0 Å². The maximum absolute atomic E-state index is 15.1. The van der Waals surface area contributed by atoms with Crippen LogP contribution in [-0.4, -0.2) is 66.6 Å². The zero-order valence-electron chi connectivity index (χ0n) is 20.8. The van der Waals surface area contributed by atoms with E-state index in [0.717, 1.165) is 57.3 Å². The number of halogens is 1. The first-order chi connectivity index (χ1) is 18.6. The molecular formula is C29H27FN6O2. The number of aromatic amines is 1. The van der Waals surface area contributed by atoms with Gasteiger partial charge < -0.3 is 24.1 Å². The van der Waals surface area contributed by atoms with E-state index in [9.17, 15) is 4.79 Å². The maximum atomic E-state index is 15.1. The Balaban J connectivity index is 1.19. The van der Waals surface area contributed by atoms with E-state index in [1.54, 1.807) is 12.1 Å². The van der Waals surface area contributed by atoms with Crippen LogP contribution in [0.15, 0.2) is 61.3 Å². The molecule has 2 unspecified atom stereocenters. The third-order valence-corrected chi connectivity index (χ3v) is 8.30. The summed E-state index contributed by atoms with van der Waals surface area (Å²) in [5.41, 5.74) is 6.63. The lowest BCUT2D eigenvalue weighted by Crippen LogP contribution is -2.51. The molecule has 7 heterocycles. The molecule has 4 aromatic heterocycles. The highest BCUT2D eigenvalue weighted by Crippen LogP contribution is 2.40. The van der Waals surface area contributed by atoms with Crippen molar-refractivity contribution >= 4 is 22.6 Å². The summed E-state index contributed by atoms with van der Waals surface area (Å²) in [5, 5.41) is 0.855. The van der Waals surface area contributed by atoms with Gasteiger partial charge in [-0.25, -0.2) is 14.2 Å². The smallest absolute Gasteiger partial charge is 0.320 e. The van der Waals surface area contributed by atoms with Crippen LogP contribution in [0.1, 0.15) is 18.4 Å². The van der Waals surface area contributed by atoms with Gasteiger partial charge in [0.2, 0.25) is 0 Å². The third kappa shape index (κ3) is 3.31. The van der Waals surface area contributed by atoms with Gasteiger partial charge in [0.1, 0.15) is 11.5 Å². The SMILES string of the molecule is O=C(N1CCn2cc(-c3c[nH]cc3-c3cnc4ccccn34)c3cc(F)cc(c32)C1)N1CC2CCC(C1)O2. The van der Waals surface area contributed by atoms with Crippen molar-refractivity contribution in [3.63, 3.8) is 0 Å². The molecule has 0 spiro atoms. The molecule has 1 aromatic carbocycles. The fourth-order valence-corrected chi connectivity index (χ4v) is 6.58. The van der Waals surface area contributed by atoms with E-state index in [1.807, 2.05) is 52.8 Å². The minimum Gasteiger partial charge on any atom is -0.371 e. The van der Waals surface area contributed by atoms with Gasteiger partial charge in [0.05, 0.1) is 29.6 Å². The van der Waals surface area contributed by atoms with E-state index in [2.05, 4.69) is 25.1 Å². The number of carbonyl (C=O) groups is 1. The first-order valence-corrected chi connectivity index (χ1v) is 13.2. The number of nitrogens with zero attached hydrogens (tertiary/aromatic N) is 5. The summed E-state index contributed by atoms with van der Waals surface area (Å²) in [6.45, 7) is 2.88. The molecule has 0 saturated carbocycles. The number of nitrogens with one attached hydrogen (secondary N) is 1. The Kier molecular flexibility index (Phi) is 4.73. The zero-order valence-corrected chi connectivity index (χ0v) is 20.8. The van der Waals surface area contributed by atoms with Gasteiger partial charge in [0.15, 0.2) is 0 Å². The van der Waals surface area contributed by atoms with Gasteiger partial charge in [0, 0.05) is 79.6 Å². The first-order valence-electron chi connectivity index (χ1n) is 13.2. The summed E-state index contributed by atoms with van der Waals surface area (Å²) in [6, 6.07) is 9.15. The summed E-state index contributed by atoms with van der Waals surface area (Å²) in [5.74, 6) is -0.294. The monoisotopic (exact) mass is 510 g/mol. The van der Waals surface area contributed by atoms with Crippen LogP contribution in [-0.2, 0) is 17.8 Å². The maximum Gasteiger partial charge on any atom is 0.320 e. The second kappa shape index (κ2) is 8.19. The molecule has 38 heavy (non-hydrogen) atoms. The van der Waals surface area contributed by atoms with Crippen molar-refractivity contribution in [2.75, 3.05) is 19.6 Å². The lowest BCUT2D eigenvalue weighted by molar-refractivity contribution is -0.0289. The minimum absolute atomic E-state index is 0.0223. The summed E-state index contributed by atoms with van der Waals surface area (Å²) in [4.78, 5) is 25.1. The van der Waals surface area contributed by atoms with Gasteiger partial charge >= 0.3 is 6.03 Å². The van der Waals surface area contributed by atoms with Gasteiger partial charge in [-0.15, -0.1) is 0 Å². The molecule has 192 valence electrons. The van der Waals surface area contributed by atoms with E-state index < -0.39 is 0 Å². The van der Waals surface area contributed by atoms with Gasteiger partial charge in [-0.2, -0.15) is 0 Å². The molecule has 2 amide bonds. The number of pyridine rings is 1. The van der Waals surface area contributed by atoms with Gasteiger partial charge in [0.25, 0.3) is 0 Å². The summed E-state index contributed by atoms with van der Waals surface area (Å²) < 4.78 is 25.3. The van der Waals surface area contributed by atoms with Crippen LogP contribution in [0.25, 0.3) is 38.9 Å². The molecule has 8 rings (SSSR count). The van der Waals surface area contributed by atoms with Crippen LogP contribution in [0, 0.1) is 5.82 Å². The number of imidazole rings is 1. The number of urea groups is 1. The Bertz CT molecular complexity index is 1700. The average Bonchev–Trinajstić information content (AvgIpc) is 3.68. The normalized spacial score (nSPS) is 21.0. The predicted molar refractivity (Wildman–Crippen MR) is 141 cm³/mol. The number of H-pyrrole nitrogens is 1. The second-order valence-corrected chi connectivity index (χ2v) is 10.6. The van der Waals surface area contributed by atoms with Gasteiger partial charge in [-0.1, -0.05) is 6.07 Å². The van der Waals surface area contributed by atoms with Crippen LogP contribution in [0.2, 0.25) is 0 Å². The summed E-state index contributed by atoms with van der Waals surface area (Å²) in [6.07, 6.45) is 12.2. The van der Waals surface area contributed by atoms with E-state index in [1.165, 1.54) is 0 Å². The fraction of sp³-hybridized carbons (Fsp3) is 0.310. The van der Waals surface area contributed by atoms with Crippen LogP contribution in [0.5, 0.6) is 0 Å². The standard InChI is InChI=1S/C29H27FN6O2/c30-19-9-18-14-34(29(37)35-15-20-4-5-21(16-35)38-20)8-7-33-17-25(22(10-19)28(18)33)23-11-31-12-24(23)26-13-32-27-3-1-2-6-36(26)27/h1-3,6,9-13,17,20-21,31H,4-5,7-8,14-16H2. The van der Waals surface area contributed by atoms with E-state index in [-0.39, 0.29) is 24.1 Å². The highest BCUT2D eigenvalue weighted by atomic mass is 19.1. The third-order valence-electron chi connectivity index (χ3n) is 8.30. The van der Waals surface area contributed by atoms with Crippen LogP contribution >= 0.6 is 0 Å². The zero-order chi connectivity index (χ0) is 25.4. The molecule has 8 nitrogen and oxygen atoms in total. The van der Waals surface area contributed by atoms with Crippen LogP contribution < -0.4 is 0 Å². The van der Waals surface area contributed by atoms with Crippen molar-refractivity contribution in [3.05, 3.63) is 72.7 Å². The largest absolute Gasteiger partial charge is 0.371 e. The average molecular weight is 511 g/mol. The minimum atomic E-state index is -0.294. The number of carbonyl (C=O) groups excluding carboxylic acids is 1. The molecular weight excluding hydrogens is 483 g/mol. The molecule has 1 N–H and O–H groups in total. The van der Waals surface area contributed by atoms with Crippen molar-refractivity contribution in [2.45, 2.75) is 38.1 Å².